The van der Waals surface area contributed by atoms with Crippen LogP contribution in [0.2, 0.25) is 0 Å². The summed E-state index contributed by atoms with van der Waals surface area (Å²) in [4.78, 5) is 41.3. The van der Waals surface area contributed by atoms with Crippen molar-refractivity contribution in [3.63, 3.8) is 0 Å². The number of carbonyl (C=O) groups is 3. The molecule has 0 aliphatic carbocycles. The molecule has 1 heterocycles. The van der Waals surface area contributed by atoms with Gasteiger partial charge in [-0.25, -0.2) is 4.79 Å². The summed E-state index contributed by atoms with van der Waals surface area (Å²) in [6.07, 6.45) is 0.186. The fourth-order valence-electron chi connectivity index (χ4n) is 3.03. The van der Waals surface area contributed by atoms with Crippen molar-refractivity contribution in [2.75, 3.05) is 19.8 Å². The average Bonchev–Trinajstić information content (AvgIpc) is 2.76. The number of carbonyl (C=O) groups excluding carboxylic acids is 3. The number of nitrogens with one attached hydrogen (secondary N) is 3. The Kier molecular flexibility index (Phi) is 10.1. The first-order valence-corrected chi connectivity index (χ1v) is 11.0. The molecule has 33 heavy (non-hydrogen) atoms. The molecule has 0 spiro atoms. The summed E-state index contributed by atoms with van der Waals surface area (Å²) in [6.45, 7) is 7.92. The summed E-state index contributed by atoms with van der Waals surface area (Å²) >= 11 is 0. The highest BCUT2D eigenvalue weighted by atomic mass is 16.6. The van der Waals surface area contributed by atoms with Crippen LogP contribution in [0.4, 0.5) is 4.79 Å². The Balaban J connectivity index is 1.93. The molecule has 0 aromatic heterocycles. The molecule has 2 amide bonds. The Morgan fingerprint density at radius 1 is 1.18 bits per heavy atom. The lowest BCUT2D eigenvalue weighted by atomic mass is 9.99. The van der Waals surface area contributed by atoms with Crippen molar-refractivity contribution in [2.24, 2.45) is 10.9 Å². The van der Waals surface area contributed by atoms with E-state index >= 15 is 0 Å². The third-order valence-corrected chi connectivity index (χ3v) is 4.57. The first-order valence-electron chi connectivity index (χ1n) is 11.0. The third-order valence-electron chi connectivity index (χ3n) is 4.57. The number of ether oxygens (including phenoxy) is 3. The van der Waals surface area contributed by atoms with Crippen LogP contribution < -0.4 is 16.2 Å². The van der Waals surface area contributed by atoms with Gasteiger partial charge in [0, 0.05) is 13.0 Å². The van der Waals surface area contributed by atoms with Crippen LogP contribution in [-0.4, -0.2) is 55.2 Å². The summed E-state index contributed by atoms with van der Waals surface area (Å²) in [5, 5.41) is 2.54. The number of amides is 2. The van der Waals surface area contributed by atoms with Crippen LogP contribution in [0.1, 0.15) is 46.1 Å². The van der Waals surface area contributed by atoms with E-state index < -0.39 is 23.6 Å². The predicted octanol–water partition coefficient (Wildman–Crippen LogP) is 2.09. The number of alkyl carbamates (subject to hydrolysis) is 1. The van der Waals surface area contributed by atoms with Gasteiger partial charge >= 0.3 is 12.1 Å². The second-order valence-corrected chi connectivity index (χ2v) is 8.58. The van der Waals surface area contributed by atoms with Gasteiger partial charge in [-0.3, -0.25) is 25.4 Å². The van der Waals surface area contributed by atoms with Gasteiger partial charge in [0.1, 0.15) is 17.5 Å². The Morgan fingerprint density at radius 3 is 2.58 bits per heavy atom. The minimum atomic E-state index is -1.01. The second kappa shape index (κ2) is 12.8. The molecule has 2 unspecified atom stereocenters. The van der Waals surface area contributed by atoms with Gasteiger partial charge in [0.2, 0.25) is 0 Å². The summed E-state index contributed by atoms with van der Waals surface area (Å²) in [7, 11) is 0. The van der Waals surface area contributed by atoms with Crippen molar-refractivity contribution in [1.82, 2.24) is 16.2 Å². The lowest BCUT2D eigenvalue weighted by Crippen LogP contribution is -2.55. The molecular weight excluding hydrogens is 428 g/mol. The van der Waals surface area contributed by atoms with E-state index in [2.05, 4.69) is 21.2 Å². The van der Waals surface area contributed by atoms with Gasteiger partial charge in [-0.15, -0.1) is 0 Å². The quantitative estimate of drug-likeness (QED) is 0.399. The maximum atomic E-state index is 12.8. The fourth-order valence-corrected chi connectivity index (χ4v) is 3.03. The number of aliphatic imine (C=N–C) groups is 1. The summed E-state index contributed by atoms with van der Waals surface area (Å²) in [5.41, 5.74) is 5.52. The van der Waals surface area contributed by atoms with E-state index in [-0.39, 0.29) is 25.1 Å². The molecule has 1 aromatic carbocycles. The highest BCUT2D eigenvalue weighted by Gasteiger charge is 2.27. The van der Waals surface area contributed by atoms with E-state index in [0.29, 0.717) is 31.8 Å². The van der Waals surface area contributed by atoms with Crippen LogP contribution in [0.3, 0.4) is 0 Å². The minimum absolute atomic E-state index is 0.0699. The molecule has 0 saturated carbocycles. The normalized spacial score (nSPS) is 16.7. The van der Waals surface area contributed by atoms with Crippen molar-refractivity contribution in [1.29, 1.82) is 0 Å². The third kappa shape index (κ3) is 9.90. The van der Waals surface area contributed by atoms with Crippen LogP contribution in [0.25, 0.3) is 0 Å². The summed E-state index contributed by atoms with van der Waals surface area (Å²) in [5.74, 6) is -0.660. The number of amidine groups is 1. The SMILES string of the molecule is CCOC(=O)C1CCN=C(NNC(=O)C(COCc2ccccc2)NC(=O)OC(C)(C)C)C1. The molecule has 0 fully saturated rings. The standard InChI is InChI=1S/C23H34N4O6/c1-5-32-21(29)17-11-12-24-19(13-17)26-27-20(28)18(25-22(30)33-23(2,3)4)15-31-14-16-9-7-6-8-10-16/h6-10,17-18H,5,11-15H2,1-4H3,(H,24,26)(H,25,30)(H,27,28). The summed E-state index contributed by atoms with van der Waals surface area (Å²) in [6, 6.07) is 8.47. The lowest BCUT2D eigenvalue weighted by Gasteiger charge is -2.25. The number of esters is 1. The van der Waals surface area contributed by atoms with E-state index in [0.717, 1.165) is 5.56 Å². The molecule has 10 heteroatoms. The van der Waals surface area contributed by atoms with E-state index in [1.54, 1.807) is 27.7 Å². The van der Waals surface area contributed by atoms with Crippen molar-refractivity contribution < 1.29 is 28.6 Å². The number of hydrogen-bond acceptors (Lipinski definition) is 8. The average molecular weight is 463 g/mol. The molecule has 1 aliphatic rings. The zero-order chi connectivity index (χ0) is 24.3. The van der Waals surface area contributed by atoms with E-state index in [4.69, 9.17) is 14.2 Å². The van der Waals surface area contributed by atoms with Crippen LogP contribution >= 0.6 is 0 Å². The van der Waals surface area contributed by atoms with E-state index in [1.807, 2.05) is 30.3 Å². The van der Waals surface area contributed by atoms with Gasteiger partial charge in [-0.2, -0.15) is 0 Å². The Morgan fingerprint density at radius 2 is 1.91 bits per heavy atom. The smallest absolute Gasteiger partial charge is 0.408 e. The van der Waals surface area contributed by atoms with Gasteiger partial charge < -0.3 is 19.5 Å². The largest absolute Gasteiger partial charge is 0.466 e. The number of nitrogens with zero attached hydrogens (tertiary/aromatic N) is 1. The van der Waals surface area contributed by atoms with Gasteiger partial charge in [0.05, 0.1) is 25.7 Å². The number of hydrazine groups is 1. The van der Waals surface area contributed by atoms with Gasteiger partial charge in [-0.05, 0) is 39.7 Å². The van der Waals surface area contributed by atoms with Gasteiger partial charge in [0.25, 0.3) is 5.91 Å². The van der Waals surface area contributed by atoms with Crippen molar-refractivity contribution >= 4 is 23.8 Å². The number of benzene rings is 1. The molecule has 1 aromatic rings. The molecule has 182 valence electrons. The molecule has 0 bridgehead atoms. The van der Waals surface area contributed by atoms with Gasteiger partial charge in [0.15, 0.2) is 0 Å². The van der Waals surface area contributed by atoms with Crippen LogP contribution in [0.5, 0.6) is 0 Å². The highest BCUT2D eigenvalue weighted by molar-refractivity contribution is 5.91. The van der Waals surface area contributed by atoms with E-state index in [1.165, 1.54) is 0 Å². The van der Waals surface area contributed by atoms with Crippen LogP contribution in [0, 0.1) is 5.92 Å². The highest BCUT2D eigenvalue weighted by Crippen LogP contribution is 2.16. The second-order valence-electron chi connectivity index (χ2n) is 8.58. The molecule has 2 atom stereocenters. The van der Waals surface area contributed by atoms with Crippen LogP contribution in [-0.2, 0) is 30.4 Å². The lowest BCUT2D eigenvalue weighted by molar-refractivity contribution is -0.148. The fraction of sp³-hybridized carbons (Fsp3) is 0.565. The van der Waals surface area contributed by atoms with Crippen molar-refractivity contribution in [2.45, 2.75) is 58.8 Å². The van der Waals surface area contributed by atoms with Crippen molar-refractivity contribution in [3.05, 3.63) is 35.9 Å². The molecule has 2 rings (SSSR count). The molecule has 0 radical (unpaired) electrons. The molecular formula is C23H34N4O6. The molecule has 0 saturated heterocycles. The van der Waals surface area contributed by atoms with Crippen LogP contribution in [0.15, 0.2) is 35.3 Å². The molecule has 3 N–H and O–H groups in total. The Labute approximate surface area is 194 Å². The minimum Gasteiger partial charge on any atom is -0.466 e. The predicted molar refractivity (Wildman–Crippen MR) is 122 cm³/mol. The van der Waals surface area contributed by atoms with E-state index in [9.17, 15) is 14.4 Å². The maximum Gasteiger partial charge on any atom is 0.408 e. The Hall–Kier alpha value is -3.14. The molecule has 1 aliphatic heterocycles. The summed E-state index contributed by atoms with van der Waals surface area (Å²) < 4.78 is 16.0. The maximum absolute atomic E-state index is 12.8. The zero-order valence-electron chi connectivity index (χ0n) is 19.7. The molecule has 10 nitrogen and oxygen atoms in total. The first kappa shape index (κ1) is 26.1. The number of rotatable bonds is 8. The number of hydrogen-bond donors (Lipinski definition) is 3. The monoisotopic (exact) mass is 462 g/mol. The van der Waals surface area contributed by atoms with Crippen molar-refractivity contribution in [3.8, 4) is 0 Å². The topological polar surface area (TPSA) is 127 Å². The zero-order valence-corrected chi connectivity index (χ0v) is 19.7. The Bertz CT molecular complexity index is 822. The first-order chi connectivity index (χ1) is 15.7. The van der Waals surface area contributed by atoms with Gasteiger partial charge in [-0.1, -0.05) is 30.3 Å².